The zero-order valence-electron chi connectivity index (χ0n) is 11.4. The van der Waals surface area contributed by atoms with Gasteiger partial charge in [0.15, 0.2) is 11.6 Å². The topological polar surface area (TPSA) is 80.0 Å². The third kappa shape index (κ3) is 1.89. The summed E-state index contributed by atoms with van der Waals surface area (Å²) in [5.41, 5.74) is 0.757. The number of fused-ring (bicyclic) bond motifs is 1. The van der Waals surface area contributed by atoms with Crippen LogP contribution >= 0.6 is 0 Å². The van der Waals surface area contributed by atoms with Crippen molar-refractivity contribution in [2.45, 2.75) is 0 Å². The number of amides is 1. The van der Waals surface area contributed by atoms with E-state index in [-0.39, 0.29) is 12.5 Å². The third-order valence-corrected chi connectivity index (χ3v) is 3.32. The average molecular weight is 293 g/mol. The fraction of sp³-hybridized carbons (Fsp3) is 0.0714. The number of carbonyl (C=O) groups excluding carboxylic acids is 1. The number of hydrogen-bond donors (Lipinski definition) is 0. The molecule has 0 N–H and O–H groups in total. The maximum Gasteiger partial charge on any atom is 0.254 e. The Hall–Kier alpha value is -3.29. The predicted molar refractivity (Wildman–Crippen MR) is 78.4 cm³/mol. The maximum atomic E-state index is 12.6. The van der Waals surface area contributed by atoms with E-state index in [0.717, 1.165) is 5.69 Å². The van der Waals surface area contributed by atoms with Crippen LogP contribution in [0, 0.1) is 0 Å². The lowest BCUT2D eigenvalue weighted by Crippen LogP contribution is -2.47. The second kappa shape index (κ2) is 4.92. The van der Waals surface area contributed by atoms with Crippen molar-refractivity contribution in [2.75, 3.05) is 16.5 Å². The molecule has 3 heterocycles. The van der Waals surface area contributed by atoms with Gasteiger partial charge in [-0.3, -0.25) is 9.69 Å². The minimum absolute atomic E-state index is 0.101. The third-order valence-electron chi connectivity index (χ3n) is 3.32. The van der Waals surface area contributed by atoms with E-state index in [9.17, 15) is 4.79 Å². The fourth-order valence-corrected chi connectivity index (χ4v) is 2.40. The molecule has 1 aromatic carbocycles. The van der Waals surface area contributed by atoms with Crippen LogP contribution in [0.1, 0.15) is 0 Å². The first-order valence-corrected chi connectivity index (χ1v) is 6.68. The predicted octanol–water partition coefficient (Wildman–Crippen LogP) is 1.02. The van der Waals surface area contributed by atoms with Crippen molar-refractivity contribution in [1.29, 1.82) is 0 Å². The van der Waals surface area contributed by atoms with Gasteiger partial charge in [-0.05, 0) is 17.3 Å². The highest BCUT2D eigenvalue weighted by atomic mass is 16.2. The van der Waals surface area contributed by atoms with Gasteiger partial charge in [0.05, 0.1) is 18.1 Å². The first kappa shape index (κ1) is 12.5. The minimum atomic E-state index is -0.116. The molecule has 0 aliphatic carbocycles. The van der Waals surface area contributed by atoms with Crippen molar-refractivity contribution >= 4 is 23.2 Å². The number of rotatable bonds is 2. The second-order valence-electron chi connectivity index (χ2n) is 4.65. The number of para-hydroxylation sites is 1. The zero-order chi connectivity index (χ0) is 14.9. The van der Waals surface area contributed by atoms with Crippen LogP contribution in [0.3, 0.4) is 0 Å². The standard InChI is InChI=1S/C14H11N7O/c22-12-10-19(20-9-8-17-18-20)13-14(16-7-6-15-13)21(12)11-4-2-1-3-5-11/h1-9H,10H2. The van der Waals surface area contributed by atoms with Crippen LogP contribution in [-0.2, 0) is 4.79 Å². The average Bonchev–Trinajstić information content (AvgIpc) is 3.09. The smallest absolute Gasteiger partial charge is 0.254 e. The van der Waals surface area contributed by atoms with Gasteiger partial charge in [0.2, 0.25) is 0 Å². The SMILES string of the molecule is O=C1CN(n2ccnn2)c2nccnc2N1c1ccccc1. The molecule has 22 heavy (non-hydrogen) atoms. The molecule has 0 radical (unpaired) electrons. The van der Waals surface area contributed by atoms with Crippen molar-refractivity contribution in [3.8, 4) is 0 Å². The van der Waals surface area contributed by atoms with Crippen LogP contribution in [0.15, 0.2) is 55.1 Å². The van der Waals surface area contributed by atoms with E-state index < -0.39 is 0 Å². The summed E-state index contributed by atoms with van der Waals surface area (Å²) in [5.74, 6) is 0.909. The highest BCUT2D eigenvalue weighted by molar-refractivity contribution is 6.06. The zero-order valence-corrected chi connectivity index (χ0v) is 11.4. The van der Waals surface area contributed by atoms with Crippen LogP contribution in [0.5, 0.6) is 0 Å². The fourth-order valence-electron chi connectivity index (χ4n) is 2.40. The number of carbonyl (C=O) groups is 1. The Morgan fingerprint density at radius 3 is 2.45 bits per heavy atom. The molecule has 1 aliphatic heterocycles. The Bertz CT molecular complexity index is 803. The summed E-state index contributed by atoms with van der Waals surface area (Å²) < 4.78 is 0. The van der Waals surface area contributed by atoms with Crippen molar-refractivity contribution in [3.05, 3.63) is 55.1 Å². The van der Waals surface area contributed by atoms with E-state index in [1.807, 2.05) is 30.3 Å². The van der Waals surface area contributed by atoms with Crippen LogP contribution in [0.4, 0.5) is 17.3 Å². The summed E-state index contributed by atoms with van der Waals surface area (Å²) in [5, 5.41) is 9.33. The molecule has 8 nitrogen and oxygen atoms in total. The highest BCUT2D eigenvalue weighted by Crippen LogP contribution is 2.34. The first-order valence-electron chi connectivity index (χ1n) is 6.68. The van der Waals surface area contributed by atoms with Gasteiger partial charge in [-0.15, -0.1) is 5.10 Å². The van der Waals surface area contributed by atoms with Gasteiger partial charge in [-0.1, -0.05) is 18.2 Å². The lowest BCUT2D eigenvalue weighted by atomic mass is 10.2. The lowest BCUT2D eigenvalue weighted by molar-refractivity contribution is -0.117. The van der Waals surface area contributed by atoms with Gasteiger partial charge in [0.1, 0.15) is 6.54 Å². The molecule has 2 aromatic heterocycles. The van der Waals surface area contributed by atoms with Crippen LogP contribution in [0.2, 0.25) is 0 Å². The molecule has 0 fully saturated rings. The van der Waals surface area contributed by atoms with Crippen molar-refractivity contribution in [3.63, 3.8) is 0 Å². The summed E-state index contributed by atoms with van der Waals surface area (Å²) >= 11 is 0. The molecule has 0 spiro atoms. The molecule has 3 aromatic rings. The van der Waals surface area contributed by atoms with Crippen LogP contribution < -0.4 is 9.91 Å². The second-order valence-corrected chi connectivity index (χ2v) is 4.65. The summed E-state index contributed by atoms with van der Waals surface area (Å²) in [4.78, 5) is 24.3. The number of aromatic nitrogens is 5. The van der Waals surface area contributed by atoms with Crippen molar-refractivity contribution in [2.24, 2.45) is 0 Å². The number of hydrogen-bond acceptors (Lipinski definition) is 6. The number of anilines is 3. The lowest BCUT2D eigenvalue weighted by Gasteiger charge is -2.34. The molecule has 1 amide bonds. The van der Waals surface area contributed by atoms with E-state index in [1.54, 1.807) is 34.7 Å². The Kier molecular flexibility index (Phi) is 2.78. The summed E-state index contributed by atoms with van der Waals surface area (Å²) in [6.45, 7) is 0.101. The summed E-state index contributed by atoms with van der Waals surface area (Å²) in [6, 6.07) is 9.38. The van der Waals surface area contributed by atoms with E-state index in [0.29, 0.717) is 11.6 Å². The molecular formula is C14H11N7O. The van der Waals surface area contributed by atoms with Gasteiger partial charge in [-0.25, -0.2) is 15.0 Å². The van der Waals surface area contributed by atoms with Crippen LogP contribution in [0.25, 0.3) is 0 Å². The quantitative estimate of drug-likeness (QED) is 0.701. The largest absolute Gasteiger partial charge is 0.272 e. The Morgan fingerprint density at radius 1 is 0.955 bits per heavy atom. The van der Waals surface area contributed by atoms with Crippen molar-refractivity contribution < 1.29 is 4.79 Å². The molecular weight excluding hydrogens is 282 g/mol. The normalized spacial score (nSPS) is 14.1. The first-order chi connectivity index (χ1) is 10.8. The molecule has 4 rings (SSSR count). The van der Waals surface area contributed by atoms with Gasteiger partial charge < -0.3 is 0 Å². The van der Waals surface area contributed by atoms with E-state index in [4.69, 9.17) is 0 Å². The van der Waals surface area contributed by atoms with E-state index >= 15 is 0 Å². The van der Waals surface area contributed by atoms with Crippen molar-refractivity contribution in [1.82, 2.24) is 25.1 Å². The van der Waals surface area contributed by atoms with Gasteiger partial charge in [0.25, 0.3) is 5.91 Å². The molecule has 0 unspecified atom stereocenters. The molecule has 0 bridgehead atoms. The van der Waals surface area contributed by atoms with Gasteiger partial charge in [-0.2, -0.15) is 4.79 Å². The molecule has 0 saturated carbocycles. The van der Waals surface area contributed by atoms with E-state index in [1.165, 1.54) is 4.79 Å². The molecule has 0 saturated heterocycles. The molecule has 8 heteroatoms. The summed E-state index contributed by atoms with van der Waals surface area (Å²) in [7, 11) is 0. The maximum absolute atomic E-state index is 12.6. The summed E-state index contributed by atoms with van der Waals surface area (Å²) in [6.07, 6.45) is 6.35. The molecule has 108 valence electrons. The number of benzene rings is 1. The molecule has 1 aliphatic rings. The Labute approximate surface area is 125 Å². The van der Waals surface area contributed by atoms with Crippen LogP contribution in [-0.4, -0.2) is 37.5 Å². The Balaban J connectivity index is 1.86. The highest BCUT2D eigenvalue weighted by Gasteiger charge is 2.33. The van der Waals surface area contributed by atoms with Gasteiger partial charge >= 0.3 is 0 Å². The molecule has 0 atom stereocenters. The monoisotopic (exact) mass is 293 g/mol. The Morgan fingerprint density at radius 2 is 1.73 bits per heavy atom. The van der Waals surface area contributed by atoms with E-state index in [2.05, 4.69) is 20.3 Å². The van der Waals surface area contributed by atoms with Gasteiger partial charge in [0, 0.05) is 12.4 Å². The number of nitrogens with zero attached hydrogens (tertiary/aromatic N) is 7. The minimum Gasteiger partial charge on any atom is -0.272 e.